The molecule has 2 rings (SSSR count). The maximum Gasteiger partial charge on any atom is 0.270 e. The molecule has 2 aromatic rings. The van der Waals surface area contributed by atoms with Crippen LogP contribution in [0, 0.1) is 10.1 Å². The Labute approximate surface area is 125 Å². The van der Waals surface area contributed by atoms with Crippen molar-refractivity contribution in [3.63, 3.8) is 0 Å². The van der Waals surface area contributed by atoms with E-state index in [0.29, 0.717) is 13.0 Å². The minimum Gasteiger partial charge on any atom is -0.388 e. The molecule has 6 nitrogen and oxygen atoms in total. The van der Waals surface area contributed by atoms with Gasteiger partial charge in [-0.25, -0.2) is 0 Å². The lowest BCUT2D eigenvalue weighted by Crippen LogP contribution is -2.25. The third-order valence-electron chi connectivity index (χ3n) is 2.89. The summed E-state index contributed by atoms with van der Waals surface area (Å²) in [7, 11) is 0. The summed E-state index contributed by atoms with van der Waals surface area (Å²) < 4.78 is 0. The van der Waals surface area contributed by atoms with Gasteiger partial charge in [0, 0.05) is 29.1 Å². The van der Waals surface area contributed by atoms with Crippen molar-refractivity contribution in [3.05, 3.63) is 62.3 Å². The first-order valence-corrected chi connectivity index (χ1v) is 7.20. The Morgan fingerprint density at radius 3 is 2.86 bits per heavy atom. The number of nitro benzene ring substituents is 1. The zero-order valence-electron chi connectivity index (χ0n) is 11.1. The van der Waals surface area contributed by atoms with Gasteiger partial charge in [-0.05, 0) is 23.9 Å². The van der Waals surface area contributed by atoms with Crippen LogP contribution in [-0.4, -0.2) is 22.5 Å². The van der Waals surface area contributed by atoms with Crippen LogP contribution in [0.2, 0.25) is 0 Å². The van der Waals surface area contributed by atoms with Crippen LogP contribution in [-0.2, 0) is 0 Å². The Morgan fingerprint density at radius 1 is 1.38 bits per heavy atom. The van der Waals surface area contributed by atoms with E-state index in [9.17, 15) is 20.0 Å². The van der Waals surface area contributed by atoms with Crippen molar-refractivity contribution >= 4 is 22.9 Å². The molecule has 0 radical (unpaired) electrons. The van der Waals surface area contributed by atoms with Crippen LogP contribution in [0.5, 0.6) is 0 Å². The van der Waals surface area contributed by atoms with Gasteiger partial charge in [-0.15, -0.1) is 11.3 Å². The van der Waals surface area contributed by atoms with Gasteiger partial charge in [0.05, 0.1) is 11.0 Å². The molecule has 1 aromatic carbocycles. The number of amides is 1. The molecule has 1 atom stereocenters. The summed E-state index contributed by atoms with van der Waals surface area (Å²) in [5.74, 6) is -0.392. The third kappa shape index (κ3) is 4.11. The summed E-state index contributed by atoms with van der Waals surface area (Å²) in [4.78, 5) is 22.8. The summed E-state index contributed by atoms with van der Waals surface area (Å²) in [6.45, 7) is 0.292. The number of nitrogens with one attached hydrogen (secondary N) is 1. The highest BCUT2D eigenvalue weighted by atomic mass is 32.1. The van der Waals surface area contributed by atoms with Gasteiger partial charge < -0.3 is 10.4 Å². The second-order valence-corrected chi connectivity index (χ2v) is 5.36. The number of benzene rings is 1. The minimum atomic E-state index is -0.615. The zero-order chi connectivity index (χ0) is 15.2. The molecule has 21 heavy (non-hydrogen) atoms. The highest BCUT2D eigenvalue weighted by Gasteiger charge is 2.12. The van der Waals surface area contributed by atoms with Crippen LogP contribution in [0.1, 0.15) is 27.8 Å². The summed E-state index contributed by atoms with van der Waals surface area (Å²) >= 11 is 1.45. The monoisotopic (exact) mass is 306 g/mol. The summed E-state index contributed by atoms with van der Waals surface area (Å²) in [6, 6.07) is 9.22. The quantitative estimate of drug-likeness (QED) is 0.633. The van der Waals surface area contributed by atoms with E-state index in [1.807, 2.05) is 17.5 Å². The molecule has 7 heteroatoms. The Balaban J connectivity index is 1.87. The molecule has 0 bridgehead atoms. The van der Waals surface area contributed by atoms with E-state index >= 15 is 0 Å². The number of hydrogen-bond donors (Lipinski definition) is 2. The highest BCUT2D eigenvalue weighted by molar-refractivity contribution is 7.10. The number of aliphatic hydroxyl groups excluding tert-OH is 1. The van der Waals surface area contributed by atoms with Crippen molar-refractivity contribution in [2.24, 2.45) is 0 Å². The fraction of sp³-hybridized carbons (Fsp3) is 0.214. The van der Waals surface area contributed by atoms with Crippen molar-refractivity contribution in [3.8, 4) is 0 Å². The van der Waals surface area contributed by atoms with Gasteiger partial charge in [-0.3, -0.25) is 14.9 Å². The molecule has 1 amide bonds. The molecule has 110 valence electrons. The highest BCUT2D eigenvalue weighted by Crippen LogP contribution is 2.21. The molecule has 0 saturated carbocycles. The van der Waals surface area contributed by atoms with Crippen LogP contribution in [0.15, 0.2) is 41.8 Å². The maximum atomic E-state index is 11.9. The second-order valence-electron chi connectivity index (χ2n) is 4.38. The number of thiophene rings is 1. The van der Waals surface area contributed by atoms with Crippen molar-refractivity contribution in [2.45, 2.75) is 12.5 Å². The fourth-order valence-corrected chi connectivity index (χ4v) is 2.55. The SMILES string of the molecule is O=C(NCCC(O)c1cccs1)c1cccc([N+](=O)[O-])c1. The van der Waals surface area contributed by atoms with Gasteiger partial charge in [0.15, 0.2) is 0 Å². The topological polar surface area (TPSA) is 92.5 Å². The minimum absolute atomic E-state index is 0.124. The lowest BCUT2D eigenvalue weighted by atomic mass is 10.1. The molecule has 2 N–H and O–H groups in total. The van der Waals surface area contributed by atoms with Gasteiger partial charge in [0.2, 0.25) is 0 Å². The average molecular weight is 306 g/mol. The molecule has 0 aliphatic carbocycles. The molecular weight excluding hydrogens is 292 g/mol. The van der Waals surface area contributed by atoms with E-state index in [-0.39, 0.29) is 11.3 Å². The van der Waals surface area contributed by atoms with E-state index in [1.54, 1.807) is 0 Å². The molecule has 1 heterocycles. The Morgan fingerprint density at radius 2 is 2.19 bits per heavy atom. The molecule has 0 aliphatic rings. The van der Waals surface area contributed by atoms with Gasteiger partial charge >= 0.3 is 0 Å². The standard InChI is InChI=1S/C14H14N2O4S/c17-12(13-5-2-8-21-13)6-7-15-14(18)10-3-1-4-11(9-10)16(19)20/h1-5,8-9,12,17H,6-7H2,(H,15,18). The molecular formula is C14H14N2O4S. The lowest BCUT2D eigenvalue weighted by molar-refractivity contribution is -0.384. The largest absolute Gasteiger partial charge is 0.388 e. The number of nitrogens with zero attached hydrogens (tertiary/aromatic N) is 1. The normalized spacial score (nSPS) is 11.9. The predicted octanol–water partition coefficient (Wildman–Crippen LogP) is 2.51. The third-order valence-corrected chi connectivity index (χ3v) is 3.87. The first kappa shape index (κ1) is 15.1. The van der Waals surface area contributed by atoms with Gasteiger partial charge in [0.1, 0.15) is 0 Å². The number of carbonyl (C=O) groups is 1. The van der Waals surface area contributed by atoms with E-state index < -0.39 is 16.9 Å². The van der Waals surface area contributed by atoms with Crippen LogP contribution >= 0.6 is 11.3 Å². The van der Waals surface area contributed by atoms with E-state index in [2.05, 4.69) is 5.32 Å². The van der Waals surface area contributed by atoms with Crippen molar-refractivity contribution in [2.75, 3.05) is 6.54 Å². The van der Waals surface area contributed by atoms with Crippen LogP contribution in [0.25, 0.3) is 0 Å². The first-order valence-electron chi connectivity index (χ1n) is 6.32. The van der Waals surface area contributed by atoms with Crippen molar-refractivity contribution in [1.29, 1.82) is 0 Å². The lowest BCUT2D eigenvalue weighted by Gasteiger charge is -2.09. The Kier molecular flexibility index (Phi) is 5.02. The molecule has 1 unspecified atom stereocenters. The van der Waals surface area contributed by atoms with Crippen molar-refractivity contribution in [1.82, 2.24) is 5.32 Å². The molecule has 0 spiro atoms. The second kappa shape index (κ2) is 6.96. The molecule has 0 saturated heterocycles. The molecule has 0 aliphatic heterocycles. The van der Waals surface area contributed by atoms with Gasteiger partial charge in [-0.2, -0.15) is 0 Å². The molecule has 1 aromatic heterocycles. The van der Waals surface area contributed by atoms with Crippen LogP contribution in [0.3, 0.4) is 0 Å². The number of rotatable bonds is 6. The van der Waals surface area contributed by atoms with Crippen LogP contribution < -0.4 is 5.32 Å². The average Bonchev–Trinajstić information content (AvgIpc) is 3.01. The van der Waals surface area contributed by atoms with Crippen molar-refractivity contribution < 1.29 is 14.8 Å². The van der Waals surface area contributed by atoms with E-state index in [0.717, 1.165) is 4.88 Å². The van der Waals surface area contributed by atoms with Crippen LogP contribution in [0.4, 0.5) is 5.69 Å². The predicted molar refractivity (Wildman–Crippen MR) is 79.3 cm³/mol. The summed E-state index contributed by atoms with van der Waals surface area (Å²) in [5.41, 5.74) is 0.107. The summed E-state index contributed by atoms with van der Waals surface area (Å²) in [6.07, 6.45) is -0.225. The molecule has 0 fully saturated rings. The van der Waals surface area contributed by atoms with Gasteiger partial charge in [-0.1, -0.05) is 12.1 Å². The fourth-order valence-electron chi connectivity index (χ4n) is 1.81. The number of hydrogen-bond acceptors (Lipinski definition) is 5. The first-order chi connectivity index (χ1) is 10.1. The zero-order valence-corrected chi connectivity index (χ0v) is 11.9. The summed E-state index contributed by atoms with van der Waals surface area (Å²) in [5, 5.41) is 25.0. The number of aliphatic hydroxyl groups is 1. The van der Waals surface area contributed by atoms with Gasteiger partial charge in [0.25, 0.3) is 11.6 Å². The Bertz CT molecular complexity index is 628. The maximum absolute atomic E-state index is 11.9. The Hall–Kier alpha value is -2.25. The smallest absolute Gasteiger partial charge is 0.270 e. The number of nitro groups is 1. The van der Waals surface area contributed by atoms with E-state index in [4.69, 9.17) is 0 Å². The number of non-ortho nitro benzene ring substituents is 1. The number of carbonyl (C=O) groups excluding carboxylic acids is 1. The van der Waals surface area contributed by atoms with E-state index in [1.165, 1.54) is 35.6 Å².